The highest BCUT2D eigenvalue weighted by molar-refractivity contribution is 5.99. The zero-order valence-corrected chi connectivity index (χ0v) is 10.4. The number of amides is 1. The Hall–Kier alpha value is -1.58. The molecule has 4 heteroatoms. The summed E-state index contributed by atoms with van der Waals surface area (Å²) in [6, 6.07) is 2.18. The molecule has 0 aromatic carbocycles. The molecule has 2 N–H and O–H groups in total. The summed E-state index contributed by atoms with van der Waals surface area (Å²) in [5.74, 6) is 0.657. The molecule has 1 heterocycles. The molecule has 0 saturated heterocycles. The van der Waals surface area contributed by atoms with Crippen LogP contribution in [0.1, 0.15) is 36.5 Å². The summed E-state index contributed by atoms with van der Waals surface area (Å²) in [7, 11) is 1.81. The maximum atomic E-state index is 12.0. The molecule has 0 spiro atoms. The summed E-state index contributed by atoms with van der Waals surface area (Å²) in [6.07, 6.45) is 6.80. The number of nitrogens with one attached hydrogen (secondary N) is 2. The van der Waals surface area contributed by atoms with Gasteiger partial charge in [-0.25, -0.2) is 0 Å². The van der Waals surface area contributed by atoms with Gasteiger partial charge in [0.05, 0.1) is 5.56 Å². The van der Waals surface area contributed by atoms with Crippen molar-refractivity contribution in [3.05, 3.63) is 24.0 Å². The van der Waals surface area contributed by atoms with Crippen LogP contribution in [0.4, 0.5) is 5.69 Å². The maximum absolute atomic E-state index is 12.0. The molecule has 0 radical (unpaired) electrons. The Labute approximate surface area is 102 Å². The molecule has 4 nitrogen and oxygen atoms in total. The van der Waals surface area contributed by atoms with E-state index in [1.165, 1.54) is 12.8 Å². The predicted octanol–water partition coefficient (Wildman–Crippen LogP) is 2.04. The molecule has 1 amide bonds. The highest BCUT2D eigenvalue weighted by Crippen LogP contribution is 2.34. The van der Waals surface area contributed by atoms with E-state index in [9.17, 15) is 4.79 Å². The van der Waals surface area contributed by atoms with Crippen molar-refractivity contribution in [2.24, 2.45) is 5.92 Å². The second kappa shape index (κ2) is 5.17. The highest BCUT2D eigenvalue weighted by atomic mass is 16.1. The van der Waals surface area contributed by atoms with Crippen LogP contribution >= 0.6 is 0 Å². The first-order valence-corrected chi connectivity index (χ1v) is 6.19. The summed E-state index contributed by atoms with van der Waals surface area (Å²) in [5, 5.41) is 6.07. The third-order valence-electron chi connectivity index (χ3n) is 3.23. The molecule has 1 aliphatic rings. The van der Waals surface area contributed by atoms with Gasteiger partial charge in [0.25, 0.3) is 5.91 Å². The first-order chi connectivity index (χ1) is 8.26. The Morgan fingerprint density at radius 1 is 1.59 bits per heavy atom. The molecule has 0 bridgehead atoms. The third kappa shape index (κ3) is 2.75. The number of hydrogen-bond donors (Lipinski definition) is 2. The van der Waals surface area contributed by atoms with Crippen molar-refractivity contribution in [1.82, 2.24) is 10.3 Å². The normalized spacial score (nSPS) is 22.0. The summed E-state index contributed by atoms with van der Waals surface area (Å²) >= 11 is 0. The zero-order chi connectivity index (χ0) is 12.3. The van der Waals surface area contributed by atoms with Crippen LogP contribution in [-0.4, -0.2) is 24.0 Å². The van der Waals surface area contributed by atoms with Gasteiger partial charge in [0.2, 0.25) is 0 Å². The van der Waals surface area contributed by atoms with Gasteiger partial charge in [-0.1, -0.05) is 13.3 Å². The molecule has 1 aromatic heterocycles. The minimum Gasteiger partial charge on any atom is -0.387 e. The van der Waals surface area contributed by atoms with Crippen molar-refractivity contribution in [2.45, 2.75) is 32.2 Å². The van der Waals surface area contributed by atoms with Crippen LogP contribution < -0.4 is 10.6 Å². The van der Waals surface area contributed by atoms with Crippen LogP contribution in [0.2, 0.25) is 0 Å². The molecule has 2 unspecified atom stereocenters. The first kappa shape index (κ1) is 11.9. The van der Waals surface area contributed by atoms with Crippen LogP contribution in [-0.2, 0) is 0 Å². The van der Waals surface area contributed by atoms with Gasteiger partial charge < -0.3 is 10.6 Å². The SMILES string of the molecule is CCCC1CC1NC(=O)c1cnccc1NC. The monoisotopic (exact) mass is 233 g/mol. The van der Waals surface area contributed by atoms with Crippen LogP contribution in [0.25, 0.3) is 0 Å². The van der Waals surface area contributed by atoms with Crippen molar-refractivity contribution in [3.8, 4) is 0 Å². The van der Waals surface area contributed by atoms with E-state index in [-0.39, 0.29) is 5.91 Å². The smallest absolute Gasteiger partial charge is 0.255 e. The highest BCUT2D eigenvalue weighted by Gasteiger charge is 2.37. The Morgan fingerprint density at radius 3 is 3.12 bits per heavy atom. The molecule has 1 aromatic rings. The van der Waals surface area contributed by atoms with E-state index in [4.69, 9.17) is 0 Å². The van der Waals surface area contributed by atoms with Crippen LogP contribution in [0.15, 0.2) is 18.5 Å². The molecule has 1 saturated carbocycles. The predicted molar refractivity (Wildman–Crippen MR) is 68.1 cm³/mol. The fourth-order valence-electron chi connectivity index (χ4n) is 2.15. The number of carbonyl (C=O) groups excluding carboxylic acids is 1. The van der Waals surface area contributed by atoms with Gasteiger partial charge in [0.15, 0.2) is 0 Å². The number of pyridine rings is 1. The summed E-state index contributed by atoms with van der Waals surface area (Å²) in [4.78, 5) is 16.0. The van der Waals surface area contributed by atoms with Gasteiger partial charge in [-0.05, 0) is 24.8 Å². The van der Waals surface area contributed by atoms with Crippen molar-refractivity contribution in [1.29, 1.82) is 0 Å². The number of carbonyl (C=O) groups is 1. The average Bonchev–Trinajstić information content (AvgIpc) is 3.07. The lowest BCUT2D eigenvalue weighted by atomic mass is 10.2. The Bertz CT molecular complexity index is 405. The van der Waals surface area contributed by atoms with Crippen LogP contribution in [0.5, 0.6) is 0 Å². The molecule has 92 valence electrons. The van der Waals surface area contributed by atoms with Crippen molar-refractivity contribution in [2.75, 3.05) is 12.4 Å². The Morgan fingerprint density at radius 2 is 2.41 bits per heavy atom. The van der Waals surface area contributed by atoms with E-state index in [1.54, 1.807) is 12.4 Å². The largest absolute Gasteiger partial charge is 0.387 e. The van der Waals surface area contributed by atoms with Crippen molar-refractivity contribution >= 4 is 11.6 Å². The van der Waals surface area contributed by atoms with Crippen molar-refractivity contribution < 1.29 is 4.79 Å². The molecular formula is C13H19N3O. The topological polar surface area (TPSA) is 54.0 Å². The minimum absolute atomic E-state index is 0.0222. The van der Waals surface area contributed by atoms with Gasteiger partial charge in [0, 0.05) is 31.2 Å². The lowest BCUT2D eigenvalue weighted by Crippen LogP contribution is -2.27. The molecular weight excluding hydrogens is 214 g/mol. The standard InChI is InChI=1S/C13H19N3O/c1-3-4-9-7-12(9)16-13(17)10-8-15-6-5-11(10)14-2/h5-6,8-9,12H,3-4,7H2,1-2H3,(H,14,15)(H,16,17). The third-order valence-corrected chi connectivity index (χ3v) is 3.23. The van der Waals surface area contributed by atoms with Gasteiger partial charge in [0.1, 0.15) is 0 Å². The number of aromatic nitrogens is 1. The van der Waals surface area contributed by atoms with E-state index in [0.717, 1.165) is 12.1 Å². The summed E-state index contributed by atoms with van der Waals surface area (Å²) < 4.78 is 0. The number of rotatable bonds is 5. The zero-order valence-electron chi connectivity index (χ0n) is 10.4. The fourth-order valence-corrected chi connectivity index (χ4v) is 2.15. The van der Waals surface area contributed by atoms with E-state index >= 15 is 0 Å². The molecule has 17 heavy (non-hydrogen) atoms. The minimum atomic E-state index is -0.0222. The van der Waals surface area contributed by atoms with E-state index in [1.807, 2.05) is 13.1 Å². The van der Waals surface area contributed by atoms with E-state index in [2.05, 4.69) is 22.5 Å². The number of nitrogens with zero attached hydrogens (tertiary/aromatic N) is 1. The second-order valence-corrected chi connectivity index (χ2v) is 4.54. The fraction of sp³-hybridized carbons (Fsp3) is 0.538. The number of hydrogen-bond acceptors (Lipinski definition) is 3. The lowest BCUT2D eigenvalue weighted by molar-refractivity contribution is 0.0949. The molecule has 2 rings (SSSR count). The summed E-state index contributed by atoms with van der Waals surface area (Å²) in [6.45, 7) is 2.18. The summed E-state index contributed by atoms with van der Waals surface area (Å²) in [5.41, 5.74) is 1.45. The lowest BCUT2D eigenvalue weighted by Gasteiger charge is -2.08. The van der Waals surface area contributed by atoms with E-state index < -0.39 is 0 Å². The van der Waals surface area contributed by atoms with Crippen molar-refractivity contribution in [3.63, 3.8) is 0 Å². The Balaban J connectivity index is 1.96. The molecule has 1 fully saturated rings. The quantitative estimate of drug-likeness (QED) is 0.818. The van der Waals surface area contributed by atoms with Gasteiger partial charge in [-0.3, -0.25) is 9.78 Å². The maximum Gasteiger partial charge on any atom is 0.255 e. The Kier molecular flexibility index (Phi) is 3.61. The molecule has 1 aliphatic carbocycles. The average molecular weight is 233 g/mol. The van der Waals surface area contributed by atoms with Gasteiger partial charge >= 0.3 is 0 Å². The van der Waals surface area contributed by atoms with Crippen LogP contribution in [0.3, 0.4) is 0 Å². The molecule has 2 atom stereocenters. The van der Waals surface area contributed by atoms with E-state index in [0.29, 0.717) is 17.5 Å². The van der Waals surface area contributed by atoms with Gasteiger partial charge in [-0.15, -0.1) is 0 Å². The number of anilines is 1. The van der Waals surface area contributed by atoms with Gasteiger partial charge in [-0.2, -0.15) is 0 Å². The van der Waals surface area contributed by atoms with Crippen LogP contribution in [0, 0.1) is 5.92 Å². The molecule has 0 aliphatic heterocycles. The second-order valence-electron chi connectivity index (χ2n) is 4.54. The first-order valence-electron chi connectivity index (χ1n) is 6.19.